The van der Waals surface area contributed by atoms with Crippen LogP contribution in [-0.4, -0.2) is 67.3 Å². The highest BCUT2D eigenvalue weighted by Gasteiger charge is 2.69. The quantitative estimate of drug-likeness (QED) is 0.259. The third kappa shape index (κ3) is 4.21. The maximum absolute atomic E-state index is 13.5. The van der Waals surface area contributed by atoms with Crippen LogP contribution in [0.5, 0.6) is 0 Å². The second-order valence-corrected chi connectivity index (χ2v) is 18.4. The van der Waals surface area contributed by atoms with E-state index in [1.165, 1.54) is 77.0 Å². The van der Waals surface area contributed by atoms with E-state index in [4.69, 9.17) is 4.74 Å². The van der Waals surface area contributed by atoms with Gasteiger partial charge in [-0.05, 0) is 110 Å². The molecule has 0 aromatic heterocycles. The fraction of sp³-hybridized carbons (Fsp3) is 0.973. The maximum Gasteiger partial charge on any atom is 0.362 e. The molecular weight excluding hydrogens is 504 g/mol. The predicted molar refractivity (Wildman–Crippen MR) is 166 cm³/mol. The summed E-state index contributed by atoms with van der Waals surface area (Å²) in [5.41, 5.74) is 1.94. The van der Waals surface area contributed by atoms with E-state index >= 15 is 0 Å². The first kappa shape index (κ1) is 29.1. The Bertz CT molecular complexity index is 1020. The summed E-state index contributed by atoms with van der Waals surface area (Å²) < 4.78 is 7.50. The van der Waals surface area contributed by atoms with Gasteiger partial charge in [0.05, 0.1) is 19.6 Å². The maximum atomic E-state index is 13.5. The number of quaternary nitrogens is 1. The second kappa shape index (κ2) is 9.69. The van der Waals surface area contributed by atoms with Gasteiger partial charge < -0.3 is 9.22 Å². The van der Waals surface area contributed by atoms with E-state index in [9.17, 15) is 4.79 Å². The van der Waals surface area contributed by atoms with E-state index in [0.29, 0.717) is 34.1 Å². The van der Waals surface area contributed by atoms with Crippen LogP contribution in [0.15, 0.2) is 0 Å². The Hall–Kier alpha value is -0.610. The first-order valence-corrected chi connectivity index (χ1v) is 18.1. The summed E-state index contributed by atoms with van der Waals surface area (Å²) in [6, 6.07) is 0. The van der Waals surface area contributed by atoms with Gasteiger partial charge in [-0.1, -0.05) is 60.8 Å². The van der Waals surface area contributed by atoms with Gasteiger partial charge in [0.2, 0.25) is 0 Å². The summed E-state index contributed by atoms with van der Waals surface area (Å²) >= 11 is 0. The molecule has 9 atom stereocenters. The van der Waals surface area contributed by atoms with Gasteiger partial charge in [-0.3, -0.25) is 4.90 Å². The van der Waals surface area contributed by atoms with Gasteiger partial charge in [0.15, 0.2) is 6.54 Å². The molecule has 0 N–H and O–H groups in total. The van der Waals surface area contributed by atoms with Gasteiger partial charge in [-0.15, -0.1) is 0 Å². The Kier molecular flexibility index (Phi) is 6.88. The van der Waals surface area contributed by atoms with Crippen molar-refractivity contribution in [3.8, 4) is 0 Å². The monoisotopic (exact) mass is 567 g/mol. The van der Waals surface area contributed by atoms with E-state index < -0.39 is 0 Å². The van der Waals surface area contributed by atoms with Gasteiger partial charge in [0, 0.05) is 25.0 Å². The molecule has 0 amide bonds. The fourth-order valence-corrected chi connectivity index (χ4v) is 13.9. The second-order valence-electron chi connectivity index (χ2n) is 18.4. The minimum Gasteiger partial charge on any atom is -0.458 e. The zero-order chi connectivity index (χ0) is 28.9. The number of hydrogen-bond donors (Lipinski definition) is 0. The number of esters is 1. The van der Waals surface area contributed by atoms with Gasteiger partial charge in [0.25, 0.3) is 0 Å². The molecule has 3 heterocycles. The van der Waals surface area contributed by atoms with Crippen molar-refractivity contribution in [2.24, 2.45) is 50.7 Å². The normalized spacial score (nSPS) is 54.1. The van der Waals surface area contributed by atoms with E-state index in [2.05, 4.69) is 46.4 Å². The summed E-state index contributed by atoms with van der Waals surface area (Å²) in [7, 11) is 0. The van der Waals surface area contributed by atoms with E-state index in [1.807, 2.05) is 0 Å². The molecule has 41 heavy (non-hydrogen) atoms. The van der Waals surface area contributed by atoms with Gasteiger partial charge in [0.1, 0.15) is 6.10 Å². The predicted octanol–water partition coefficient (Wildman–Crippen LogP) is 7.70. The fourth-order valence-electron chi connectivity index (χ4n) is 13.9. The number of hydrogen-bond acceptors (Lipinski definition) is 3. The first-order valence-electron chi connectivity index (χ1n) is 18.1. The average Bonchev–Trinajstić information content (AvgIpc) is 3.13. The van der Waals surface area contributed by atoms with Crippen LogP contribution in [0.2, 0.25) is 0 Å². The van der Waals surface area contributed by atoms with Crippen molar-refractivity contribution in [2.75, 3.05) is 45.8 Å². The van der Waals surface area contributed by atoms with Crippen molar-refractivity contribution in [1.82, 2.24) is 4.90 Å². The molecule has 4 heteroatoms. The Balaban J connectivity index is 1.10. The van der Waals surface area contributed by atoms with Gasteiger partial charge in [-0.2, -0.15) is 0 Å². The van der Waals surface area contributed by atoms with Gasteiger partial charge in [-0.25, -0.2) is 4.79 Å². The van der Waals surface area contributed by atoms with Crippen molar-refractivity contribution < 1.29 is 14.0 Å². The third-order valence-electron chi connectivity index (χ3n) is 16.6. The Morgan fingerprint density at radius 1 is 0.707 bits per heavy atom. The minimum absolute atomic E-state index is 0.0504. The molecule has 4 nitrogen and oxygen atoms in total. The van der Waals surface area contributed by atoms with Crippen molar-refractivity contribution in [3.63, 3.8) is 0 Å². The standard InChI is InChI=1S/C37H63N2O2/c1-33(2)29-13-17-37(6)30(12-11-28-27-10-8-7-9-15-34(27,3)18-19-36(28,37)5)35(29,4)16-14-31(33)41-32(40)26-39-23-20-38(21-24-39)22-25-39/h27-31H,7-26H2,1-6H3/q+1/t27?,28?,29?,30?,31?,34-,35+,36-,37-/m1/s1. The van der Waals surface area contributed by atoms with Crippen LogP contribution in [0, 0.1) is 50.7 Å². The topological polar surface area (TPSA) is 29.5 Å². The highest BCUT2D eigenvalue weighted by molar-refractivity contribution is 5.71. The molecule has 8 rings (SSSR count). The summed E-state index contributed by atoms with van der Waals surface area (Å²) in [5, 5.41) is 0. The van der Waals surface area contributed by atoms with Crippen LogP contribution in [0.1, 0.15) is 125 Å². The van der Waals surface area contributed by atoms with Crippen LogP contribution >= 0.6 is 0 Å². The highest BCUT2D eigenvalue weighted by atomic mass is 16.5. The number of piperazine rings is 3. The summed E-state index contributed by atoms with van der Waals surface area (Å²) in [6.07, 6.45) is 18.3. The average molecular weight is 568 g/mol. The van der Waals surface area contributed by atoms with Crippen LogP contribution in [0.3, 0.4) is 0 Å². The molecule has 8 fully saturated rings. The molecule has 8 aliphatic rings. The van der Waals surface area contributed by atoms with Crippen molar-refractivity contribution in [1.29, 1.82) is 0 Å². The summed E-state index contributed by atoms with van der Waals surface area (Å²) in [5.74, 6) is 3.42. The van der Waals surface area contributed by atoms with Crippen LogP contribution in [-0.2, 0) is 9.53 Å². The molecule has 5 aliphatic carbocycles. The lowest BCUT2D eigenvalue weighted by molar-refractivity contribution is -0.934. The summed E-state index contributed by atoms with van der Waals surface area (Å²) in [4.78, 5) is 16.0. The zero-order valence-corrected chi connectivity index (χ0v) is 27.7. The Morgan fingerprint density at radius 3 is 2.17 bits per heavy atom. The summed E-state index contributed by atoms with van der Waals surface area (Å²) in [6.45, 7) is 23.4. The molecular formula is C37H63N2O2+. The molecule has 0 radical (unpaired) electrons. The number of nitrogens with zero attached hydrogens (tertiary/aromatic N) is 2. The SMILES string of the molecule is CC1(C)C(OC(=O)C[N+]23CCN(CC2)CC3)CC[C@@]2(C)C1CC[C@]1(C)C2CCC2C3CCCCC[C@]3(C)CC[C@]21C. The first-order chi connectivity index (χ1) is 19.4. The van der Waals surface area contributed by atoms with Crippen molar-refractivity contribution in [2.45, 2.75) is 131 Å². The zero-order valence-electron chi connectivity index (χ0n) is 27.7. The molecule has 3 saturated heterocycles. The minimum atomic E-state index is 0.0504. The van der Waals surface area contributed by atoms with Crippen LogP contribution in [0.4, 0.5) is 0 Å². The highest BCUT2D eigenvalue weighted by Crippen LogP contribution is 2.76. The Labute approximate surface area is 252 Å². The Morgan fingerprint density at radius 2 is 1.44 bits per heavy atom. The lowest BCUT2D eigenvalue weighted by Crippen LogP contribution is -2.69. The lowest BCUT2D eigenvalue weighted by Gasteiger charge is -2.73. The number of rotatable bonds is 3. The number of ether oxygens (including phenoxy) is 1. The smallest absolute Gasteiger partial charge is 0.362 e. The van der Waals surface area contributed by atoms with Crippen molar-refractivity contribution >= 4 is 5.97 Å². The van der Waals surface area contributed by atoms with E-state index in [0.717, 1.165) is 67.9 Å². The third-order valence-corrected chi connectivity index (χ3v) is 16.6. The molecule has 0 aromatic rings. The van der Waals surface area contributed by atoms with Crippen LogP contribution in [0.25, 0.3) is 0 Å². The molecule has 0 aromatic carbocycles. The molecule has 2 bridgehead atoms. The molecule has 3 aliphatic heterocycles. The van der Waals surface area contributed by atoms with Gasteiger partial charge >= 0.3 is 5.97 Å². The lowest BCUT2D eigenvalue weighted by atomic mass is 9.32. The number of fused-ring (bicyclic) bond motifs is 10. The number of carbonyl (C=O) groups is 1. The molecule has 232 valence electrons. The molecule has 5 saturated carbocycles. The number of carbonyl (C=O) groups excluding carboxylic acids is 1. The van der Waals surface area contributed by atoms with E-state index in [1.54, 1.807) is 0 Å². The van der Waals surface area contributed by atoms with Crippen molar-refractivity contribution in [3.05, 3.63) is 0 Å². The van der Waals surface area contributed by atoms with Crippen LogP contribution < -0.4 is 0 Å². The molecule has 5 unspecified atom stereocenters. The van der Waals surface area contributed by atoms with E-state index in [-0.39, 0.29) is 17.5 Å². The molecule has 0 spiro atoms. The largest absolute Gasteiger partial charge is 0.458 e.